The fraction of sp³-hybridized carbons (Fsp3) is 0.357. The van der Waals surface area contributed by atoms with E-state index in [-0.39, 0.29) is 0 Å². The number of primary amides is 1. The number of carbonyl (C=O) groups excluding carboxylic acids is 3. The van der Waals surface area contributed by atoms with Gasteiger partial charge in [0.15, 0.2) is 6.10 Å². The topological polar surface area (TPSA) is 98.5 Å². The van der Waals surface area contributed by atoms with Crippen molar-refractivity contribution in [1.29, 1.82) is 0 Å². The quantitative estimate of drug-likeness (QED) is 0.727. The number of halogens is 1. The summed E-state index contributed by atoms with van der Waals surface area (Å²) in [7, 11) is 0. The molecular weight excluding hydrogens is 372 g/mol. The summed E-state index contributed by atoms with van der Waals surface area (Å²) < 4.78 is 5.98. The molecule has 0 radical (unpaired) electrons. The lowest BCUT2D eigenvalue weighted by molar-refractivity contribution is -0.153. The first-order valence-corrected chi connectivity index (χ1v) is 8.30. The number of hydrogen-bond acceptors (Lipinski definition) is 5. The number of benzene rings is 1. The number of hydrogen-bond donors (Lipinski definition) is 2. The third kappa shape index (κ3) is 6.48. The summed E-state index contributed by atoms with van der Waals surface area (Å²) in [4.78, 5) is 33.9. The highest BCUT2D eigenvalue weighted by molar-refractivity contribution is 9.10. The van der Waals surface area contributed by atoms with E-state index < -0.39 is 29.3 Å². The number of nitrogens with two attached hydrogens (primary N) is 1. The number of urea groups is 1. The van der Waals surface area contributed by atoms with E-state index in [0.29, 0.717) is 5.75 Å². The molecule has 22 heavy (non-hydrogen) atoms. The van der Waals surface area contributed by atoms with Crippen LogP contribution in [0, 0.1) is 0 Å². The van der Waals surface area contributed by atoms with Gasteiger partial charge in [0.25, 0.3) is 5.91 Å². The molecule has 1 rings (SSSR count). The molecule has 0 unspecified atom stereocenters. The first-order chi connectivity index (χ1) is 10.3. The smallest absolute Gasteiger partial charge is 0.319 e. The van der Waals surface area contributed by atoms with Gasteiger partial charge in [-0.2, -0.15) is 0 Å². The average molecular weight is 389 g/mol. The molecule has 0 saturated carbocycles. The zero-order valence-electron chi connectivity index (χ0n) is 12.2. The summed E-state index contributed by atoms with van der Waals surface area (Å²) in [6.45, 7) is 3.08. The number of ether oxygens (including phenoxy) is 1. The third-order valence-corrected chi connectivity index (χ3v) is 4.37. The Balaban J connectivity index is 2.42. The molecule has 120 valence electrons. The normalized spacial score (nSPS) is 13.0. The molecular formula is C14H17BrN2O4S. The van der Waals surface area contributed by atoms with Gasteiger partial charge in [-0.3, -0.25) is 14.9 Å². The van der Waals surface area contributed by atoms with Gasteiger partial charge in [0.2, 0.25) is 0 Å². The number of carbonyl (C=O) groups is 3. The molecule has 0 spiro atoms. The van der Waals surface area contributed by atoms with Crippen molar-refractivity contribution >= 4 is 45.6 Å². The highest BCUT2D eigenvalue weighted by Crippen LogP contribution is 2.20. The van der Waals surface area contributed by atoms with E-state index in [1.54, 1.807) is 6.92 Å². The Kier molecular flexibility index (Phi) is 7.40. The summed E-state index contributed by atoms with van der Waals surface area (Å²) in [5, 5.41) is 1.42. The van der Waals surface area contributed by atoms with Crippen molar-refractivity contribution in [2.75, 3.05) is 0 Å². The lowest BCUT2D eigenvalue weighted by atomic mass is 10.2. The van der Waals surface area contributed by atoms with Crippen molar-refractivity contribution in [1.82, 2.24) is 5.32 Å². The summed E-state index contributed by atoms with van der Waals surface area (Å²) in [6, 6.07) is 6.78. The van der Waals surface area contributed by atoms with E-state index >= 15 is 0 Å². The van der Waals surface area contributed by atoms with Crippen molar-refractivity contribution in [3.63, 3.8) is 0 Å². The molecule has 0 aliphatic rings. The van der Waals surface area contributed by atoms with E-state index in [9.17, 15) is 14.4 Å². The molecule has 0 heterocycles. The van der Waals surface area contributed by atoms with Gasteiger partial charge in [0.1, 0.15) is 0 Å². The molecule has 1 aromatic carbocycles. The van der Waals surface area contributed by atoms with Crippen LogP contribution < -0.4 is 11.1 Å². The van der Waals surface area contributed by atoms with Gasteiger partial charge in [-0.05, 0) is 31.5 Å². The largest absolute Gasteiger partial charge is 0.452 e. The second-order valence-corrected chi connectivity index (χ2v) is 6.76. The summed E-state index contributed by atoms with van der Waals surface area (Å²) >= 11 is 4.75. The molecule has 3 N–H and O–H groups in total. The van der Waals surface area contributed by atoms with E-state index in [4.69, 9.17) is 10.5 Å². The highest BCUT2D eigenvalue weighted by Gasteiger charge is 2.22. The fourth-order valence-corrected chi connectivity index (χ4v) is 2.51. The Morgan fingerprint density at radius 3 is 2.41 bits per heavy atom. The van der Waals surface area contributed by atoms with Gasteiger partial charge in [0.05, 0.1) is 5.25 Å². The molecule has 8 heteroatoms. The molecule has 0 aromatic heterocycles. The van der Waals surface area contributed by atoms with E-state index in [2.05, 4.69) is 15.9 Å². The lowest BCUT2D eigenvalue weighted by Gasteiger charge is -2.15. The van der Waals surface area contributed by atoms with Crippen molar-refractivity contribution in [2.45, 2.75) is 31.0 Å². The van der Waals surface area contributed by atoms with Gasteiger partial charge in [0, 0.05) is 10.2 Å². The molecule has 0 bridgehead atoms. The number of thioether (sulfide) groups is 1. The van der Waals surface area contributed by atoms with Gasteiger partial charge in [-0.1, -0.05) is 28.1 Å². The van der Waals surface area contributed by atoms with Crippen molar-refractivity contribution in [3.8, 4) is 0 Å². The molecule has 0 aliphatic carbocycles. The maximum Gasteiger partial charge on any atom is 0.319 e. The van der Waals surface area contributed by atoms with Crippen molar-refractivity contribution in [2.24, 2.45) is 5.73 Å². The van der Waals surface area contributed by atoms with Crippen molar-refractivity contribution < 1.29 is 19.1 Å². The van der Waals surface area contributed by atoms with Gasteiger partial charge in [-0.25, -0.2) is 4.79 Å². The summed E-state index contributed by atoms with van der Waals surface area (Å²) in [6.07, 6.45) is -1.07. The number of rotatable bonds is 6. The maximum atomic E-state index is 11.9. The molecule has 6 nitrogen and oxygen atoms in total. The number of imide groups is 1. The van der Waals surface area contributed by atoms with E-state index in [0.717, 1.165) is 10.0 Å². The standard InChI is InChI=1S/C14H17BrN2O4S/c1-8(12(18)17-14(16)20)21-13(19)9(2)22-7-10-3-5-11(15)6-4-10/h3-6,8-9H,7H2,1-2H3,(H3,16,17,18,20)/t8-,9-/m0/s1. The second-order valence-electron chi connectivity index (χ2n) is 4.51. The van der Waals surface area contributed by atoms with Crippen LogP contribution in [-0.4, -0.2) is 29.3 Å². The molecule has 2 atom stereocenters. The zero-order valence-corrected chi connectivity index (χ0v) is 14.6. The monoisotopic (exact) mass is 388 g/mol. The summed E-state index contributed by atoms with van der Waals surface area (Å²) in [5.41, 5.74) is 5.90. The minimum Gasteiger partial charge on any atom is -0.452 e. The van der Waals surface area contributed by atoms with Gasteiger partial charge >= 0.3 is 12.0 Å². The maximum absolute atomic E-state index is 11.9. The Hall–Kier alpha value is -1.54. The number of nitrogens with one attached hydrogen (secondary N) is 1. The SMILES string of the molecule is C[C@H](OC(=O)[C@H](C)SCc1ccc(Br)cc1)C(=O)NC(N)=O. The van der Waals surface area contributed by atoms with Gasteiger partial charge < -0.3 is 10.5 Å². The third-order valence-electron chi connectivity index (χ3n) is 2.65. The van der Waals surface area contributed by atoms with Crippen LogP contribution in [0.3, 0.4) is 0 Å². The highest BCUT2D eigenvalue weighted by atomic mass is 79.9. The Bertz CT molecular complexity index is 550. The predicted octanol–water partition coefficient (Wildman–Crippen LogP) is 2.20. The average Bonchev–Trinajstić information content (AvgIpc) is 2.45. The van der Waals surface area contributed by atoms with Crippen molar-refractivity contribution in [3.05, 3.63) is 34.3 Å². The van der Waals surface area contributed by atoms with Gasteiger partial charge in [-0.15, -0.1) is 11.8 Å². The molecule has 0 aliphatic heterocycles. The summed E-state index contributed by atoms with van der Waals surface area (Å²) in [5.74, 6) is -0.619. The Labute approximate surface area is 141 Å². The number of amides is 3. The van der Waals surface area contributed by atoms with Crippen LogP contribution in [0.5, 0.6) is 0 Å². The predicted molar refractivity (Wildman–Crippen MR) is 88.2 cm³/mol. The molecule has 0 saturated heterocycles. The minimum atomic E-state index is -1.07. The van der Waals surface area contributed by atoms with Crippen LogP contribution >= 0.6 is 27.7 Å². The fourth-order valence-electron chi connectivity index (χ4n) is 1.42. The Morgan fingerprint density at radius 2 is 1.86 bits per heavy atom. The second kappa shape index (κ2) is 8.79. The van der Waals surface area contributed by atoms with Crippen LogP contribution in [-0.2, 0) is 20.1 Å². The zero-order chi connectivity index (χ0) is 16.7. The van der Waals surface area contributed by atoms with Crippen LogP contribution in [0.25, 0.3) is 0 Å². The number of esters is 1. The van der Waals surface area contributed by atoms with Crippen LogP contribution in [0.1, 0.15) is 19.4 Å². The first kappa shape index (κ1) is 18.5. The van der Waals surface area contributed by atoms with Crippen LogP contribution in [0.2, 0.25) is 0 Å². The molecule has 3 amide bonds. The first-order valence-electron chi connectivity index (χ1n) is 6.46. The minimum absolute atomic E-state index is 0.438. The van der Waals surface area contributed by atoms with Crippen LogP contribution in [0.15, 0.2) is 28.7 Å². The lowest BCUT2D eigenvalue weighted by Crippen LogP contribution is -2.42. The van der Waals surface area contributed by atoms with E-state index in [1.165, 1.54) is 18.7 Å². The molecule has 1 aromatic rings. The Morgan fingerprint density at radius 1 is 1.27 bits per heavy atom. The van der Waals surface area contributed by atoms with E-state index in [1.807, 2.05) is 29.6 Å². The molecule has 0 fully saturated rings. The van der Waals surface area contributed by atoms with Crippen LogP contribution in [0.4, 0.5) is 4.79 Å².